The van der Waals surface area contributed by atoms with Crippen LogP contribution in [-0.2, 0) is 18.5 Å². The molecule has 0 aromatic heterocycles. The molecule has 0 aliphatic carbocycles. The van der Waals surface area contributed by atoms with Gasteiger partial charge < -0.3 is 13.7 Å². The Hall–Kier alpha value is 0.395. The molecule has 0 amide bonds. The Labute approximate surface area is 93.2 Å². The average Bonchev–Trinajstić information content (AvgIpc) is 2.69. The van der Waals surface area contributed by atoms with E-state index in [4.69, 9.17) is 16.3 Å². The third-order valence-corrected chi connectivity index (χ3v) is 2.87. The Morgan fingerprint density at radius 2 is 2.79 bits per heavy atom. The second-order valence-electron chi connectivity index (χ2n) is 2.88. The molecule has 0 aromatic rings. The topological polar surface area (TPSA) is 44.8 Å². The van der Waals surface area contributed by atoms with Crippen LogP contribution < -0.4 is 0 Å². The zero-order valence-electron chi connectivity index (χ0n) is 10.0. The number of carbonyl (C=O) groups is 1. The molecule has 1 heterocycles. The summed E-state index contributed by atoms with van der Waals surface area (Å²) >= 11 is 0.908. The highest BCUT2D eigenvalue weighted by Crippen LogP contribution is 2.33. The Morgan fingerprint density at radius 3 is 3.36 bits per heavy atom. The van der Waals surface area contributed by atoms with Crippen LogP contribution in [0, 0.1) is 0 Å². The van der Waals surface area contributed by atoms with Crippen molar-refractivity contribution in [1.82, 2.24) is 0 Å². The van der Waals surface area contributed by atoms with E-state index in [0.717, 1.165) is 19.2 Å². The normalized spacial score (nSPS) is 36.0. The predicted octanol–water partition coefficient (Wildman–Crippen LogP) is 0.779. The maximum atomic E-state index is 11.3. The number of hydrogen-bond acceptors (Lipinski definition) is 5. The molecular formula is C7H13BO4PS. The highest BCUT2D eigenvalue weighted by molar-refractivity contribution is 8.53. The first-order chi connectivity index (χ1) is 7.58. The van der Waals surface area contributed by atoms with Gasteiger partial charge in [-0.3, -0.25) is 4.79 Å². The van der Waals surface area contributed by atoms with Crippen molar-refractivity contribution in [3.8, 4) is 0 Å². The molecule has 4 atom stereocenters. The van der Waals surface area contributed by atoms with Crippen molar-refractivity contribution in [2.24, 2.45) is 0 Å². The van der Waals surface area contributed by atoms with Crippen LogP contribution in [0.1, 0.15) is 13.3 Å². The van der Waals surface area contributed by atoms with Crippen molar-refractivity contribution in [2.45, 2.75) is 31.8 Å². The minimum absolute atomic E-state index is 0.116. The van der Waals surface area contributed by atoms with Crippen molar-refractivity contribution in [1.29, 1.82) is 2.61 Å². The maximum Gasteiger partial charge on any atom is 0.161 e. The van der Waals surface area contributed by atoms with Crippen LogP contribution in [0.2, 0.25) is 0 Å². The summed E-state index contributed by atoms with van der Waals surface area (Å²) in [4.78, 5) is 11.3. The van der Waals surface area contributed by atoms with Gasteiger partial charge in [0.2, 0.25) is 0 Å². The molecule has 0 N–H and O–H groups in total. The molecule has 1 saturated heterocycles. The van der Waals surface area contributed by atoms with Gasteiger partial charge in [0.25, 0.3) is 0 Å². The van der Waals surface area contributed by atoms with Gasteiger partial charge in [0.1, 0.15) is 19.7 Å². The number of methoxy groups -OCH3 is 1. The van der Waals surface area contributed by atoms with E-state index in [1.54, 1.807) is 0 Å². The van der Waals surface area contributed by atoms with E-state index in [2.05, 4.69) is 0 Å². The molecule has 0 aromatic carbocycles. The molecule has 0 spiro atoms. The minimum Gasteiger partial charge on any atom is -0.356 e. The van der Waals surface area contributed by atoms with Gasteiger partial charge >= 0.3 is 0 Å². The molecule has 1 fully saturated rings. The fourth-order valence-corrected chi connectivity index (χ4v) is 2.12. The summed E-state index contributed by atoms with van der Waals surface area (Å²) in [7, 11) is 1.15. The van der Waals surface area contributed by atoms with E-state index in [9.17, 15) is 4.79 Å². The zero-order valence-corrected chi connectivity index (χ0v) is 9.72. The number of ether oxygens (including phenoxy) is 2. The average molecular weight is 238 g/mol. The first-order valence-electron chi connectivity index (χ1n) is 5.13. The number of carbonyl (C=O) groups excluding carboxylic acids is 1. The highest BCUT2D eigenvalue weighted by Gasteiger charge is 2.39. The van der Waals surface area contributed by atoms with Crippen molar-refractivity contribution in [3.05, 3.63) is 0 Å². The summed E-state index contributed by atoms with van der Waals surface area (Å²) in [5.41, 5.74) is 0. The Kier molecular flexibility index (Phi) is 4.17. The summed E-state index contributed by atoms with van der Waals surface area (Å²) in [5.74, 6) is -0.116. The molecule has 1 aliphatic heterocycles. The zero-order chi connectivity index (χ0) is 12.1. The summed E-state index contributed by atoms with van der Waals surface area (Å²) in [5, 5.41) is 0. The number of rotatable bonds is 6. The minimum atomic E-state index is -1.37. The van der Waals surface area contributed by atoms with Crippen molar-refractivity contribution >= 4 is 32.6 Å². The van der Waals surface area contributed by atoms with Crippen molar-refractivity contribution in [2.75, 3.05) is 7.11 Å². The summed E-state index contributed by atoms with van der Waals surface area (Å²) in [6.07, 6.45) is -1.000. The third kappa shape index (κ3) is 3.21. The summed E-state index contributed by atoms with van der Waals surface area (Å²) in [6.45, 7) is 1.43. The van der Waals surface area contributed by atoms with Crippen LogP contribution in [-0.4, -0.2) is 41.5 Å². The van der Waals surface area contributed by atoms with Gasteiger partial charge in [0.05, 0.1) is 1.28 Å². The summed E-state index contributed by atoms with van der Waals surface area (Å²) in [6, 6.07) is 0. The van der Waals surface area contributed by atoms with Gasteiger partial charge in [0, 0.05) is 25.2 Å². The van der Waals surface area contributed by atoms with Crippen LogP contribution >= 0.6 is 19.3 Å². The monoisotopic (exact) mass is 238 g/mol. The number of Topliss-reactive ketones (excluding diaryl/α,β-unsaturated/α-hetero) is 1. The summed E-state index contributed by atoms with van der Waals surface area (Å²) < 4.78 is 29.9. The highest BCUT2D eigenvalue weighted by atomic mass is 32.7. The Balaban J connectivity index is 2.46. The van der Waals surface area contributed by atoms with Gasteiger partial charge in [-0.2, -0.15) is 0 Å². The first kappa shape index (κ1) is 9.61. The SMILES string of the molecule is [2H]P([B][3H])SO[C@H]1CC(OC)O[C@@H]1C(C)=O. The fraction of sp³-hybridized carbons (Fsp3) is 0.857. The van der Waals surface area contributed by atoms with E-state index >= 15 is 0 Å². The van der Waals surface area contributed by atoms with Crippen LogP contribution in [0.5, 0.6) is 0 Å². The van der Waals surface area contributed by atoms with Crippen LogP contribution in [0.15, 0.2) is 0 Å². The molecule has 1 rings (SSSR count). The van der Waals surface area contributed by atoms with Crippen LogP contribution in [0.4, 0.5) is 0 Å². The lowest BCUT2D eigenvalue weighted by Crippen LogP contribution is -2.29. The molecule has 4 nitrogen and oxygen atoms in total. The van der Waals surface area contributed by atoms with Crippen molar-refractivity contribution in [3.63, 3.8) is 0 Å². The van der Waals surface area contributed by atoms with Gasteiger partial charge in [-0.1, -0.05) is 7.61 Å². The quantitative estimate of drug-likeness (QED) is 0.388. The largest absolute Gasteiger partial charge is 0.356 e. The molecule has 79 valence electrons. The first-order valence-corrected chi connectivity index (χ1v) is 6.41. The molecule has 14 heavy (non-hydrogen) atoms. The second kappa shape index (κ2) is 6.08. The van der Waals surface area contributed by atoms with Crippen LogP contribution in [0.3, 0.4) is 0 Å². The van der Waals surface area contributed by atoms with Crippen molar-refractivity contribution < 1.29 is 18.5 Å². The molecule has 0 bridgehead atoms. The molecular weight excluding hydrogens is 222 g/mol. The number of hydrogen-bond donors (Lipinski definition) is 0. The van der Waals surface area contributed by atoms with Gasteiger partial charge in [-0.15, -0.1) is 0 Å². The van der Waals surface area contributed by atoms with Gasteiger partial charge in [-0.05, 0) is 8.26 Å². The molecule has 7 heteroatoms. The van der Waals surface area contributed by atoms with E-state index in [1.165, 1.54) is 14.0 Å². The van der Waals surface area contributed by atoms with Gasteiger partial charge in [-0.25, -0.2) is 0 Å². The smallest absolute Gasteiger partial charge is 0.161 e. The maximum absolute atomic E-state index is 11.3. The van der Waals surface area contributed by atoms with Gasteiger partial charge in [0.15, 0.2) is 12.1 Å². The molecule has 0 saturated carbocycles. The third-order valence-electron chi connectivity index (χ3n) is 1.93. The Bertz CT molecular complexity index is 250. The molecule has 2 unspecified atom stereocenters. The lowest BCUT2D eigenvalue weighted by molar-refractivity contribution is -0.146. The van der Waals surface area contributed by atoms with E-state index in [0.29, 0.717) is 6.42 Å². The van der Waals surface area contributed by atoms with E-state index in [-0.39, 0.29) is 5.78 Å². The molecule has 1 aliphatic rings. The standard InChI is InChI=1S/C7H13BO4PS/c1-4(9)7-5(12-14-13-8)3-6(10-2)11-7/h5-8,13H,3H2,1-2H3/t5-,6?,7+,13?/m0/s1/i8T,13D. The Morgan fingerprint density at radius 1 is 2.00 bits per heavy atom. The predicted molar refractivity (Wildman–Crippen MR) is 58.9 cm³/mol. The molecule has 1 radical (unpaired) electrons. The second-order valence-corrected chi connectivity index (χ2v) is 4.51. The van der Waals surface area contributed by atoms with Crippen LogP contribution in [0.25, 0.3) is 0 Å². The lowest BCUT2D eigenvalue weighted by Gasteiger charge is -2.14. The fourth-order valence-electron chi connectivity index (χ4n) is 1.30. The number of ketones is 1. The lowest BCUT2D eigenvalue weighted by atomic mass is 10.1. The van der Waals surface area contributed by atoms with E-state index < -0.39 is 26.1 Å². The van der Waals surface area contributed by atoms with E-state index in [1.807, 2.05) is 0 Å².